The molecule has 0 amide bonds. The van der Waals surface area contributed by atoms with Crippen LogP contribution in [0.4, 0.5) is 0 Å². The van der Waals surface area contributed by atoms with E-state index in [0.717, 1.165) is 24.2 Å². The van der Waals surface area contributed by atoms with E-state index in [1.807, 2.05) is 0 Å². The topological polar surface area (TPSA) is 77.2 Å². The first-order valence-corrected chi connectivity index (χ1v) is 6.44. The third-order valence-electron chi connectivity index (χ3n) is 3.01. The molecule has 1 aromatic heterocycles. The van der Waals surface area contributed by atoms with E-state index in [1.54, 1.807) is 28.9 Å². The predicted octanol–water partition coefficient (Wildman–Crippen LogP) is 1.50. The van der Waals surface area contributed by atoms with E-state index in [1.165, 1.54) is 7.11 Å². The molecule has 0 saturated heterocycles. The fourth-order valence-electron chi connectivity index (χ4n) is 2.01. The van der Waals surface area contributed by atoms with Gasteiger partial charge in [0.2, 0.25) is 0 Å². The third kappa shape index (κ3) is 2.70. The van der Waals surface area contributed by atoms with Crippen LogP contribution < -0.4 is 0 Å². The average molecular weight is 275 g/mol. The van der Waals surface area contributed by atoms with Crippen LogP contribution in [0.15, 0.2) is 24.3 Å². The maximum Gasteiger partial charge on any atom is 0.337 e. The summed E-state index contributed by atoms with van der Waals surface area (Å²) in [5, 5.41) is 17.3. The average Bonchev–Trinajstić information content (AvgIpc) is 2.90. The Hall–Kier alpha value is -2.21. The molecule has 0 aliphatic rings. The van der Waals surface area contributed by atoms with Gasteiger partial charge in [0.05, 0.1) is 30.7 Å². The van der Waals surface area contributed by atoms with Crippen molar-refractivity contribution in [3.8, 4) is 5.69 Å². The molecule has 0 fully saturated rings. The van der Waals surface area contributed by atoms with Crippen molar-refractivity contribution in [2.75, 3.05) is 7.11 Å². The number of hydrogen-bond acceptors (Lipinski definition) is 5. The lowest BCUT2D eigenvalue weighted by Crippen LogP contribution is -2.05. The Morgan fingerprint density at radius 1 is 1.35 bits per heavy atom. The number of hydrogen-bond donors (Lipinski definition) is 1. The number of nitrogens with zero attached hydrogens (tertiary/aromatic N) is 3. The number of aliphatic hydroxyl groups excluding tert-OH is 1. The van der Waals surface area contributed by atoms with Crippen LogP contribution in [0.5, 0.6) is 0 Å². The molecule has 2 aromatic rings. The Morgan fingerprint density at radius 2 is 2.05 bits per heavy atom. The molecule has 0 atom stereocenters. The number of esters is 1. The highest BCUT2D eigenvalue weighted by molar-refractivity contribution is 5.89. The Balaban J connectivity index is 2.36. The monoisotopic (exact) mass is 275 g/mol. The van der Waals surface area contributed by atoms with E-state index >= 15 is 0 Å². The molecule has 20 heavy (non-hydrogen) atoms. The van der Waals surface area contributed by atoms with Crippen LogP contribution >= 0.6 is 0 Å². The quantitative estimate of drug-likeness (QED) is 0.837. The molecule has 0 spiro atoms. The Morgan fingerprint density at radius 3 is 2.60 bits per heavy atom. The van der Waals surface area contributed by atoms with Crippen molar-refractivity contribution in [2.45, 2.75) is 26.4 Å². The third-order valence-corrected chi connectivity index (χ3v) is 3.01. The molecule has 2 rings (SSSR count). The Bertz CT molecular complexity index is 590. The van der Waals surface area contributed by atoms with Crippen LogP contribution in [0, 0.1) is 0 Å². The molecule has 0 saturated carbocycles. The van der Waals surface area contributed by atoms with Crippen molar-refractivity contribution in [1.82, 2.24) is 15.0 Å². The van der Waals surface area contributed by atoms with Gasteiger partial charge in [-0.1, -0.05) is 18.6 Å². The normalized spacial score (nSPS) is 10.6. The second-order valence-corrected chi connectivity index (χ2v) is 4.34. The molecule has 106 valence electrons. The van der Waals surface area contributed by atoms with E-state index in [0.29, 0.717) is 11.3 Å². The fraction of sp³-hybridized carbons (Fsp3) is 0.357. The van der Waals surface area contributed by atoms with Gasteiger partial charge in [0.15, 0.2) is 0 Å². The minimum atomic E-state index is -0.375. The zero-order valence-corrected chi connectivity index (χ0v) is 11.5. The summed E-state index contributed by atoms with van der Waals surface area (Å²) in [5.41, 5.74) is 2.76. The first-order chi connectivity index (χ1) is 9.71. The number of benzene rings is 1. The van der Waals surface area contributed by atoms with Gasteiger partial charge in [-0.15, -0.1) is 5.10 Å². The van der Waals surface area contributed by atoms with E-state index < -0.39 is 0 Å². The number of aliphatic hydroxyl groups is 1. The van der Waals surface area contributed by atoms with Gasteiger partial charge in [-0.25, -0.2) is 9.48 Å². The molecule has 6 heteroatoms. The number of carbonyl (C=O) groups excluding carboxylic acids is 1. The summed E-state index contributed by atoms with van der Waals surface area (Å²) in [6.45, 7) is 1.93. The van der Waals surface area contributed by atoms with Gasteiger partial charge in [-0.05, 0) is 30.7 Å². The smallest absolute Gasteiger partial charge is 0.337 e. The molecule has 6 nitrogen and oxygen atoms in total. The highest BCUT2D eigenvalue weighted by Gasteiger charge is 2.13. The van der Waals surface area contributed by atoms with E-state index in [-0.39, 0.29) is 12.6 Å². The van der Waals surface area contributed by atoms with Gasteiger partial charge in [0.1, 0.15) is 5.69 Å². The maximum atomic E-state index is 11.4. The fourth-order valence-corrected chi connectivity index (χ4v) is 2.01. The number of methoxy groups -OCH3 is 1. The van der Waals surface area contributed by atoms with Crippen LogP contribution in [-0.2, 0) is 17.8 Å². The SMILES string of the molecule is CCCc1c(CO)nnn1-c1ccc(C(=O)OC)cc1. The summed E-state index contributed by atoms with van der Waals surface area (Å²) in [7, 11) is 1.35. The zero-order chi connectivity index (χ0) is 14.5. The molecule has 0 aliphatic heterocycles. The summed E-state index contributed by atoms with van der Waals surface area (Å²) < 4.78 is 6.35. The van der Waals surface area contributed by atoms with Gasteiger partial charge in [-0.2, -0.15) is 0 Å². The Labute approximate surface area is 117 Å². The summed E-state index contributed by atoms with van der Waals surface area (Å²) in [6.07, 6.45) is 1.71. The lowest BCUT2D eigenvalue weighted by Gasteiger charge is -2.07. The molecule has 1 N–H and O–H groups in total. The number of rotatable bonds is 5. The van der Waals surface area contributed by atoms with Crippen molar-refractivity contribution < 1.29 is 14.6 Å². The summed E-state index contributed by atoms with van der Waals surface area (Å²) in [6, 6.07) is 6.91. The second kappa shape index (κ2) is 6.29. The molecular formula is C14H17N3O3. The van der Waals surface area contributed by atoms with E-state index in [9.17, 15) is 9.90 Å². The van der Waals surface area contributed by atoms with Crippen molar-refractivity contribution in [2.24, 2.45) is 0 Å². The minimum absolute atomic E-state index is 0.129. The second-order valence-electron chi connectivity index (χ2n) is 4.34. The zero-order valence-electron chi connectivity index (χ0n) is 11.5. The van der Waals surface area contributed by atoms with Crippen molar-refractivity contribution in [3.63, 3.8) is 0 Å². The lowest BCUT2D eigenvalue weighted by atomic mass is 10.2. The molecule has 1 aromatic carbocycles. The van der Waals surface area contributed by atoms with Crippen LogP contribution in [0.1, 0.15) is 35.1 Å². The number of ether oxygens (including phenoxy) is 1. The first kappa shape index (κ1) is 14.2. The van der Waals surface area contributed by atoms with Crippen LogP contribution in [0.3, 0.4) is 0 Å². The lowest BCUT2D eigenvalue weighted by molar-refractivity contribution is 0.0600. The maximum absolute atomic E-state index is 11.4. The van der Waals surface area contributed by atoms with Crippen LogP contribution in [0.25, 0.3) is 5.69 Å². The summed E-state index contributed by atoms with van der Waals surface area (Å²) in [5.74, 6) is -0.375. The van der Waals surface area contributed by atoms with Crippen LogP contribution in [-0.4, -0.2) is 33.2 Å². The molecule has 0 aliphatic carbocycles. The summed E-state index contributed by atoms with van der Waals surface area (Å²) in [4.78, 5) is 11.4. The molecule has 0 unspecified atom stereocenters. The largest absolute Gasteiger partial charge is 0.465 e. The highest BCUT2D eigenvalue weighted by Crippen LogP contribution is 2.16. The predicted molar refractivity (Wildman–Crippen MR) is 72.6 cm³/mol. The van der Waals surface area contributed by atoms with Crippen molar-refractivity contribution in [3.05, 3.63) is 41.2 Å². The minimum Gasteiger partial charge on any atom is -0.465 e. The van der Waals surface area contributed by atoms with Gasteiger partial charge in [-0.3, -0.25) is 0 Å². The summed E-state index contributed by atoms with van der Waals surface area (Å²) >= 11 is 0. The van der Waals surface area contributed by atoms with Crippen LogP contribution in [0.2, 0.25) is 0 Å². The first-order valence-electron chi connectivity index (χ1n) is 6.44. The van der Waals surface area contributed by atoms with Crippen molar-refractivity contribution in [1.29, 1.82) is 0 Å². The highest BCUT2D eigenvalue weighted by atomic mass is 16.5. The van der Waals surface area contributed by atoms with E-state index in [2.05, 4.69) is 22.0 Å². The van der Waals surface area contributed by atoms with Gasteiger partial charge < -0.3 is 9.84 Å². The molecule has 0 radical (unpaired) electrons. The number of carbonyl (C=O) groups is 1. The van der Waals surface area contributed by atoms with E-state index in [4.69, 9.17) is 0 Å². The van der Waals surface area contributed by atoms with Gasteiger partial charge >= 0.3 is 5.97 Å². The molecule has 0 bridgehead atoms. The van der Waals surface area contributed by atoms with Crippen molar-refractivity contribution >= 4 is 5.97 Å². The standard InChI is InChI=1S/C14H17N3O3/c1-3-4-13-12(9-18)15-16-17(13)11-7-5-10(6-8-11)14(19)20-2/h5-8,18H,3-4,9H2,1-2H3. The molecule has 1 heterocycles. The molecular weight excluding hydrogens is 258 g/mol. The van der Waals surface area contributed by atoms with Gasteiger partial charge in [0, 0.05) is 0 Å². The van der Waals surface area contributed by atoms with Gasteiger partial charge in [0.25, 0.3) is 0 Å². The number of aromatic nitrogens is 3. The Kier molecular flexibility index (Phi) is 4.47.